The van der Waals surface area contributed by atoms with Crippen LogP contribution in [0.25, 0.3) is 11.3 Å². The van der Waals surface area contributed by atoms with Gasteiger partial charge in [-0.1, -0.05) is 35.8 Å². The summed E-state index contributed by atoms with van der Waals surface area (Å²) < 4.78 is 5.35. The third-order valence-electron chi connectivity index (χ3n) is 4.53. The lowest BCUT2D eigenvalue weighted by molar-refractivity contribution is 0.0647. The van der Waals surface area contributed by atoms with Crippen LogP contribution < -0.4 is 0 Å². The highest BCUT2D eigenvalue weighted by molar-refractivity contribution is 6.30. The Hall–Kier alpha value is -1.85. The quantitative estimate of drug-likeness (QED) is 0.912. The zero-order chi connectivity index (χ0) is 17.3. The zero-order valence-corrected chi connectivity index (χ0v) is 14.6. The minimum absolute atomic E-state index is 0.129. The summed E-state index contributed by atoms with van der Waals surface area (Å²) >= 11 is 5.92. The van der Waals surface area contributed by atoms with E-state index in [1.54, 1.807) is 36.1 Å². The number of rotatable bonds is 3. The standard InChI is InChI=1S/C18H21ClN2O3/c1-11-7-9-21(10-8-11)18(23)17-15(12(2)22)16(20-24-17)13-3-5-14(19)6-4-13/h3-6,11-12,22H,7-10H2,1-2H3/t12-/m0/s1. The molecular formula is C18H21ClN2O3. The average Bonchev–Trinajstić information content (AvgIpc) is 3.01. The number of hydrogen-bond acceptors (Lipinski definition) is 4. The highest BCUT2D eigenvalue weighted by atomic mass is 35.5. The highest BCUT2D eigenvalue weighted by Crippen LogP contribution is 2.32. The summed E-state index contributed by atoms with van der Waals surface area (Å²) in [4.78, 5) is 14.6. The second kappa shape index (κ2) is 6.95. The Bertz CT molecular complexity index is 716. The molecule has 1 fully saturated rings. The maximum absolute atomic E-state index is 12.8. The van der Waals surface area contributed by atoms with Crippen LogP contribution in [0.2, 0.25) is 5.02 Å². The number of carbonyl (C=O) groups excluding carboxylic acids is 1. The van der Waals surface area contributed by atoms with E-state index in [2.05, 4.69) is 12.1 Å². The fourth-order valence-corrected chi connectivity index (χ4v) is 3.14. The molecule has 1 aromatic carbocycles. The molecule has 1 N–H and O–H groups in total. The second-order valence-electron chi connectivity index (χ2n) is 6.43. The molecule has 0 saturated carbocycles. The Labute approximate surface area is 146 Å². The number of nitrogens with zero attached hydrogens (tertiary/aromatic N) is 2. The summed E-state index contributed by atoms with van der Waals surface area (Å²) in [5.74, 6) is 0.555. The van der Waals surface area contributed by atoms with Gasteiger partial charge in [-0.2, -0.15) is 0 Å². The predicted octanol–water partition coefficient (Wildman–Crippen LogP) is 3.92. The molecule has 6 heteroatoms. The number of piperidine rings is 1. The van der Waals surface area contributed by atoms with Crippen molar-refractivity contribution in [2.24, 2.45) is 5.92 Å². The van der Waals surface area contributed by atoms with E-state index in [9.17, 15) is 9.90 Å². The van der Waals surface area contributed by atoms with Crippen molar-refractivity contribution in [1.29, 1.82) is 0 Å². The van der Waals surface area contributed by atoms with Crippen LogP contribution in [0.3, 0.4) is 0 Å². The Morgan fingerprint density at radius 2 is 1.96 bits per heavy atom. The van der Waals surface area contributed by atoms with E-state index in [1.165, 1.54) is 0 Å². The van der Waals surface area contributed by atoms with Crippen LogP contribution in [0.1, 0.15) is 48.9 Å². The van der Waals surface area contributed by atoms with Crippen LogP contribution in [0.5, 0.6) is 0 Å². The van der Waals surface area contributed by atoms with Crippen molar-refractivity contribution in [1.82, 2.24) is 10.1 Å². The van der Waals surface area contributed by atoms with Crippen molar-refractivity contribution >= 4 is 17.5 Å². The fraction of sp³-hybridized carbons (Fsp3) is 0.444. The summed E-state index contributed by atoms with van der Waals surface area (Å²) in [5.41, 5.74) is 1.67. The number of benzene rings is 1. The van der Waals surface area contributed by atoms with E-state index >= 15 is 0 Å². The number of carbonyl (C=O) groups is 1. The lowest BCUT2D eigenvalue weighted by Crippen LogP contribution is -2.38. The minimum Gasteiger partial charge on any atom is -0.388 e. The van der Waals surface area contributed by atoms with Crippen molar-refractivity contribution in [3.05, 3.63) is 40.6 Å². The monoisotopic (exact) mass is 348 g/mol. The summed E-state index contributed by atoms with van der Waals surface area (Å²) in [6, 6.07) is 7.07. The van der Waals surface area contributed by atoms with Gasteiger partial charge in [0, 0.05) is 23.7 Å². The predicted molar refractivity (Wildman–Crippen MR) is 91.9 cm³/mol. The van der Waals surface area contributed by atoms with Gasteiger partial charge in [-0.05, 0) is 37.8 Å². The van der Waals surface area contributed by atoms with Crippen molar-refractivity contribution in [2.75, 3.05) is 13.1 Å². The first-order valence-corrected chi connectivity index (χ1v) is 8.58. The molecule has 0 bridgehead atoms. The summed E-state index contributed by atoms with van der Waals surface area (Å²) in [5, 5.41) is 14.8. The van der Waals surface area contributed by atoms with Crippen LogP contribution in [-0.2, 0) is 0 Å². The van der Waals surface area contributed by atoms with Gasteiger partial charge < -0.3 is 14.5 Å². The topological polar surface area (TPSA) is 66.6 Å². The van der Waals surface area contributed by atoms with Gasteiger partial charge in [-0.25, -0.2) is 0 Å². The first-order valence-electron chi connectivity index (χ1n) is 8.20. The normalized spacial score (nSPS) is 17.1. The second-order valence-corrected chi connectivity index (χ2v) is 6.87. The molecular weight excluding hydrogens is 328 g/mol. The van der Waals surface area contributed by atoms with Crippen molar-refractivity contribution < 1.29 is 14.4 Å². The SMILES string of the molecule is CC1CCN(C(=O)c2onc(-c3ccc(Cl)cc3)c2[C@H](C)O)CC1. The molecule has 1 amide bonds. The van der Waals surface area contributed by atoms with Gasteiger partial charge in [0.05, 0.1) is 11.7 Å². The first-order chi connectivity index (χ1) is 11.5. The maximum atomic E-state index is 12.8. The van der Waals surface area contributed by atoms with Crippen molar-refractivity contribution in [2.45, 2.75) is 32.8 Å². The number of aliphatic hydroxyl groups excluding tert-OH is 1. The molecule has 128 valence electrons. The molecule has 1 saturated heterocycles. The molecule has 3 rings (SSSR count). The summed E-state index contributed by atoms with van der Waals surface area (Å²) in [6.45, 7) is 5.21. The van der Waals surface area contributed by atoms with Crippen LogP contribution in [-0.4, -0.2) is 34.2 Å². The lowest BCUT2D eigenvalue weighted by atomic mass is 9.98. The third kappa shape index (κ3) is 3.32. The Balaban J connectivity index is 1.94. The first kappa shape index (κ1) is 17.0. The van der Waals surface area contributed by atoms with Crippen LogP contribution >= 0.6 is 11.6 Å². The molecule has 1 aliphatic heterocycles. The number of halogens is 1. The van der Waals surface area contributed by atoms with E-state index in [-0.39, 0.29) is 11.7 Å². The third-order valence-corrected chi connectivity index (χ3v) is 4.78. The number of aliphatic hydroxyl groups is 1. The molecule has 24 heavy (non-hydrogen) atoms. The lowest BCUT2D eigenvalue weighted by Gasteiger charge is -2.29. The summed E-state index contributed by atoms with van der Waals surface area (Å²) in [6.07, 6.45) is 1.10. The Morgan fingerprint density at radius 1 is 1.33 bits per heavy atom. The minimum atomic E-state index is -0.857. The van der Waals surface area contributed by atoms with Gasteiger partial charge in [0.2, 0.25) is 5.76 Å². The highest BCUT2D eigenvalue weighted by Gasteiger charge is 2.30. The molecule has 2 aromatic rings. The maximum Gasteiger partial charge on any atom is 0.292 e. The molecule has 0 unspecified atom stereocenters. The zero-order valence-electron chi connectivity index (χ0n) is 13.8. The van der Waals surface area contributed by atoms with Crippen molar-refractivity contribution in [3.63, 3.8) is 0 Å². The van der Waals surface area contributed by atoms with Gasteiger partial charge in [0.15, 0.2) is 0 Å². The average molecular weight is 349 g/mol. The van der Waals surface area contributed by atoms with Crippen LogP contribution in [0, 0.1) is 5.92 Å². The number of likely N-dealkylation sites (tertiary alicyclic amines) is 1. The van der Waals surface area contributed by atoms with Gasteiger partial charge in [-0.3, -0.25) is 4.79 Å². The van der Waals surface area contributed by atoms with Crippen molar-refractivity contribution in [3.8, 4) is 11.3 Å². The molecule has 1 aromatic heterocycles. The summed E-state index contributed by atoms with van der Waals surface area (Å²) in [7, 11) is 0. The number of amides is 1. The van der Waals surface area contributed by atoms with Gasteiger partial charge in [-0.15, -0.1) is 0 Å². The van der Waals surface area contributed by atoms with E-state index in [1.807, 2.05) is 0 Å². The molecule has 0 aliphatic carbocycles. The molecule has 2 heterocycles. The number of hydrogen-bond donors (Lipinski definition) is 1. The molecule has 5 nitrogen and oxygen atoms in total. The number of aromatic nitrogens is 1. The fourth-order valence-electron chi connectivity index (χ4n) is 3.01. The largest absolute Gasteiger partial charge is 0.388 e. The molecule has 1 atom stereocenters. The molecule has 1 aliphatic rings. The van der Waals surface area contributed by atoms with E-state index in [0.717, 1.165) is 18.4 Å². The Morgan fingerprint density at radius 3 is 2.54 bits per heavy atom. The van der Waals surface area contributed by atoms with Gasteiger partial charge in [0.1, 0.15) is 5.69 Å². The van der Waals surface area contributed by atoms with Crippen LogP contribution in [0.15, 0.2) is 28.8 Å². The van der Waals surface area contributed by atoms with Gasteiger partial charge in [0.25, 0.3) is 5.91 Å². The smallest absolute Gasteiger partial charge is 0.292 e. The van der Waals surface area contributed by atoms with E-state index < -0.39 is 6.10 Å². The van der Waals surface area contributed by atoms with E-state index in [4.69, 9.17) is 16.1 Å². The Kier molecular flexibility index (Phi) is 4.92. The molecule has 0 radical (unpaired) electrons. The van der Waals surface area contributed by atoms with Crippen LogP contribution in [0.4, 0.5) is 0 Å². The molecule has 0 spiro atoms. The van der Waals surface area contributed by atoms with E-state index in [0.29, 0.717) is 35.3 Å². The van der Waals surface area contributed by atoms with Gasteiger partial charge >= 0.3 is 0 Å².